The molecule has 1 aromatic rings. The monoisotopic (exact) mass is 243 g/mol. The summed E-state index contributed by atoms with van der Waals surface area (Å²) in [5.74, 6) is -0.0267. The van der Waals surface area contributed by atoms with Crippen molar-refractivity contribution in [1.82, 2.24) is 0 Å². The van der Waals surface area contributed by atoms with Crippen LogP contribution in [0, 0.1) is 0 Å². The summed E-state index contributed by atoms with van der Waals surface area (Å²) in [6.07, 6.45) is 0. The van der Waals surface area contributed by atoms with Crippen LogP contribution < -0.4 is 5.73 Å². The van der Waals surface area contributed by atoms with Gasteiger partial charge in [0.25, 0.3) is 0 Å². The number of carbonyl (C=O) groups excluding carboxylic acids is 1. The number of aromatic hydroxyl groups is 1. The summed E-state index contributed by atoms with van der Waals surface area (Å²) >= 11 is 3.26. The Morgan fingerprint density at radius 2 is 2.23 bits per heavy atom. The fourth-order valence-corrected chi connectivity index (χ4v) is 1.48. The number of hydrogen-bond acceptors (Lipinski definition) is 3. The third-order valence-corrected chi connectivity index (χ3v) is 2.47. The minimum atomic E-state index is -0.679. The fourth-order valence-electron chi connectivity index (χ4n) is 0.988. The second-order valence-electron chi connectivity index (χ2n) is 2.79. The fraction of sp³-hybridized carbons (Fsp3) is 0.222. The van der Waals surface area contributed by atoms with Gasteiger partial charge in [-0.05, 0) is 30.7 Å². The highest BCUT2D eigenvalue weighted by atomic mass is 79.9. The van der Waals surface area contributed by atoms with Gasteiger partial charge in [-0.15, -0.1) is 0 Å². The zero-order valence-electron chi connectivity index (χ0n) is 7.12. The van der Waals surface area contributed by atoms with Crippen molar-refractivity contribution in [3.05, 3.63) is 28.2 Å². The summed E-state index contributed by atoms with van der Waals surface area (Å²) < 4.78 is 0.730. The summed E-state index contributed by atoms with van der Waals surface area (Å²) in [7, 11) is 0. The van der Waals surface area contributed by atoms with E-state index in [-0.39, 0.29) is 11.5 Å². The molecule has 0 aromatic heterocycles. The van der Waals surface area contributed by atoms with Gasteiger partial charge in [0.1, 0.15) is 5.75 Å². The molecule has 4 heteroatoms. The first-order valence-corrected chi connectivity index (χ1v) is 4.56. The van der Waals surface area contributed by atoms with E-state index in [1.165, 1.54) is 19.1 Å². The Balaban J connectivity index is 3.12. The topological polar surface area (TPSA) is 63.3 Å². The normalized spacial score (nSPS) is 12.5. The van der Waals surface area contributed by atoms with Crippen molar-refractivity contribution < 1.29 is 9.90 Å². The Morgan fingerprint density at radius 3 is 2.77 bits per heavy atom. The van der Waals surface area contributed by atoms with E-state index in [2.05, 4.69) is 15.9 Å². The predicted molar refractivity (Wildman–Crippen MR) is 53.4 cm³/mol. The molecule has 1 atom stereocenters. The molecule has 1 aromatic carbocycles. The number of ketones is 1. The van der Waals surface area contributed by atoms with E-state index < -0.39 is 6.04 Å². The van der Waals surface area contributed by atoms with E-state index in [1.807, 2.05) is 0 Å². The smallest absolute Gasteiger partial charge is 0.151 e. The van der Waals surface area contributed by atoms with E-state index >= 15 is 0 Å². The minimum absolute atomic E-state index is 0.106. The zero-order valence-corrected chi connectivity index (χ0v) is 8.71. The standard InChI is InChI=1S/C9H10BrNO2/c1-5(12)9(11)7-4-6(13)2-3-8(7)10/h2-4,9,13H,11H2,1H3. The molecule has 0 radical (unpaired) electrons. The Bertz CT molecular complexity index is 338. The second-order valence-corrected chi connectivity index (χ2v) is 3.65. The third-order valence-electron chi connectivity index (χ3n) is 1.75. The molecule has 1 rings (SSSR count). The quantitative estimate of drug-likeness (QED) is 0.832. The molecule has 13 heavy (non-hydrogen) atoms. The molecule has 3 nitrogen and oxygen atoms in total. The van der Waals surface area contributed by atoms with E-state index in [0.29, 0.717) is 5.56 Å². The highest BCUT2D eigenvalue weighted by Gasteiger charge is 2.14. The summed E-state index contributed by atoms with van der Waals surface area (Å²) in [5.41, 5.74) is 6.22. The van der Waals surface area contributed by atoms with Gasteiger partial charge in [-0.3, -0.25) is 4.79 Å². The highest BCUT2D eigenvalue weighted by Crippen LogP contribution is 2.26. The molecular formula is C9H10BrNO2. The maximum absolute atomic E-state index is 11.0. The first kappa shape index (κ1) is 10.2. The molecule has 0 aliphatic heterocycles. The van der Waals surface area contributed by atoms with Crippen LogP contribution >= 0.6 is 15.9 Å². The molecular weight excluding hydrogens is 234 g/mol. The molecule has 1 unspecified atom stereocenters. The molecule has 0 aliphatic rings. The second kappa shape index (κ2) is 3.89. The highest BCUT2D eigenvalue weighted by molar-refractivity contribution is 9.10. The van der Waals surface area contributed by atoms with Crippen molar-refractivity contribution in [3.8, 4) is 5.75 Å². The van der Waals surface area contributed by atoms with Gasteiger partial charge in [-0.1, -0.05) is 15.9 Å². The van der Waals surface area contributed by atoms with Crippen LogP contribution in [0.4, 0.5) is 0 Å². The summed E-state index contributed by atoms with van der Waals surface area (Å²) in [4.78, 5) is 11.0. The maximum Gasteiger partial charge on any atom is 0.151 e. The predicted octanol–water partition coefficient (Wildman–Crippen LogP) is 1.74. The average Bonchev–Trinajstić information content (AvgIpc) is 2.08. The average molecular weight is 244 g/mol. The SMILES string of the molecule is CC(=O)C(N)c1cc(O)ccc1Br. The van der Waals surface area contributed by atoms with Crippen molar-refractivity contribution in [3.63, 3.8) is 0 Å². The lowest BCUT2D eigenvalue weighted by atomic mass is 10.0. The van der Waals surface area contributed by atoms with Gasteiger partial charge < -0.3 is 10.8 Å². The first-order chi connectivity index (χ1) is 6.02. The van der Waals surface area contributed by atoms with Crippen LogP contribution in [0.15, 0.2) is 22.7 Å². The first-order valence-electron chi connectivity index (χ1n) is 3.77. The summed E-state index contributed by atoms with van der Waals surface area (Å²) in [6, 6.07) is 3.99. The number of benzene rings is 1. The summed E-state index contributed by atoms with van der Waals surface area (Å²) in [6.45, 7) is 1.42. The zero-order chi connectivity index (χ0) is 10.0. The van der Waals surface area contributed by atoms with Crippen molar-refractivity contribution in [1.29, 1.82) is 0 Å². The molecule has 0 amide bonds. The number of phenolic OH excluding ortho intramolecular Hbond substituents is 1. The van der Waals surface area contributed by atoms with Crippen molar-refractivity contribution in [2.75, 3.05) is 0 Å². The molecule has 0 spiro atoms. The lowest BCUT2D eigenvalue weighted by Gasteiger charge is -2.10. The Morgan fingerprint density at radius 1 is 1.62 bits per heavy atom. The minimum Gasteiger partial charge on any atom is -0.508 e. The Kier molecular flexibility index (Phi) is 3.06. The van der Waals surface area contributed by atoms with E-state index in [0.717, 1.165) is 4.47 Å². The number of rotatable bonds is 2. The van der Waals surface area contributed by atoms with E-state index in [1.54, 1.807) is 6.07 Å². The molecule has 70 valence electrons. The van der Waals surface area contributed by atoms with Crippen LogP contribution in [0.3, 0.4) is 0 Å². The van der Waals surface area contributed by atoms with Crippen molar-refractivity contribution >= 4 is 21.7 Å². The third kappa shape index (κ3) is 2.29. The van der Waals surface area contributed by atoms with Gasteiger partial charge in [0.2, 0.25) is 0 Å². The molecule has 0 aliphatic carbocycles. The molecule has 0 heterocycles. The van der Waals surface area contributed by atoms with Crippen LogP contribution in [-0.2, 0) is 4.79 Å². The number of Topliss-reactive ketones (excluding diaryl/α,β-unsaturated/α-hetero) is 1. The molecule has 3 N–H and O–H groups in total. The lowest BCUT2D eigenvalue weighted by Crippen LogP contribution is -2.18. The van der Waals surface area contributed by atoms with E-state index in [4.69, 9.17) is 5.73 Å². The van der Waals surface area contributed by atoms with Crippen molar-refractivity contribution in [2.24, 2.45) is 5.73 Å². The van der Waals surface area contributed by atoms with Crippen LogP contribution in [0.1, 0.15) is 18.5 Å². The number of nitrogens with two attached hydrogens (primary N) is 1. The number of hydrogen-bond donors (Lipinski definition) is 2. The number of halogens is 1. The van der Waals surface area contributed by atoms with Crippen LogP contribution in [0.25, 0.3) is 0 Å². The largest absolute Gasteiger partial charge is 0.508 e. The molecule has 0 bridgehead atoms. The Labute approximate surface area is 84.7 Å². The van der Waals surface area contributed by atoms with Crippen LogP contribution in [0.5, 0.6) is 5.75 Å². The van der Waals surface area contributed by atoms with Gasteiger partial charge in [-0.2, -0.15) is 0 Å². The Hall–Kier alpha value is -0.870. The van der Waals surface area contributed by atoms with Gasteiger partial charge in [-0.25, -0.2) is 0 Å². The summed E-state index contributed by atoms with van der Waals surface area (Å²) in [5, 5.41) is 9.18. The molecule has 0 saturated heterocycles. The van der Waals surface area contributed by atoms with Gasteiger partial charge in [0.15, 0.2) is 5.78 Å². The van der Waals surface area contributed by atoms with Gasteiger partial charge in [0.05, 0.1) is 6.04 Å². The molecule has 0 fully saturated rings. The van der Waals surface area contributed by atoms with Gasteiger partial charge in [0, 0.05) is 4.47 Å². The van der Waals surface area contributed by atoms with Crippen molar-refractivity contribution in [2.45, 2.75) is 13.0 Å². The van der Waals surface area contributed by atoms with E-state index in [9.17, 15) is 9.90 Å². The number of phenols is 1. The van der Waals surface area contributed by atoms with Crippen LogP contribution in [0.2, 0.25) is 0 Å². The maximum atomic E-state index is 11.0. The molecule has 0 saturated carbocycles. The lowest BCUT2D eigenvalue weighted by molar-refractivity contribution is -0.118. The van der Waals surface area contributed by atoms with Gasteiger partial charge >= 0.3 is 0 Å². The number of carbonyl (C=O) groups is 1. The van der Waals surface area contributed by atoms with Crippen LogP contribution in [-0.4, -0.2) is 10.9 Å².